The topological polar surface area (TPSA) is 225 Å². The van der Waals surface area contributed by atoms with Gasteiger partial charge in [-0.05, 0) is 147 Å². The molecule has 4 rings (SSSR count). The van der Waals surface area contributed by atoms with Gasteiger partial charge in [0.15, 0.2) is 5.78 Å². The van der Waals surface area contributed by atoms with Crippen molar-refractivity contribution in [3.8, 4) is 0 Å². The third kappa shape index (κ3) is 18.6. The minimum atomic E-state index is -2.50. The van der Waals surface area contributed by atoms with Crippen LogP contribution in [-0.2, 0) is 52.4 Å². The summed E-state index contributed by atoms with van der Waals surface area (Å²) in [5.74, 6) is -8.32. The molecule has 15 atom stereocenters. The molecule has 0 aromatic heterocycles. The third-order valence-electron chi connectivity index (χ3n) is 16.6. The summed E-state index contributed by atoms with van der Waals surface area (Å²) in [5, 5.41) is 43.9. The summed E-state index contributed by atoms with van der Waals surface area (Å²) in [7, 11) is 2.94. The molecule has 4 N–H and O–H groups in total. The minimum absolute atomic E-state index is 0.00411. The molecule has 0 aromatic rings. The molecule has 432 valence electrons. The lowest BCUT2D eigenvalue weighted by Gasteiger charge is -2.43. The summed E-state index contributed by atoms with van der Waals surface area (Å²) in [6.45, 7) is 20.9. The highest BCUT2D eigenvalue weighted by Gasteiger charge is 2.53. The third-order valence-corrected chi connectivity index (χ3v) is 16.6. The molecule has 3 heterocycles. The van der Waals surface area contributed by atoms with E-state index in [1.54, 1.807) is 34.0 Å². The summed E-state index contributed by atoms with van der Waals surface area (Å²) < 4.78 is 36.9. The predicted molar refractivity (Wildman–Crippen MR) is 290 cm³/mol. The fraction of sp³-hybridized carbons (Fsp3) is 0.783. The Balaban J connectivity index is 1.74. The van der Waals surface area contributed by atoms with Gasteiger partial charge in [0.2, 0.25) is 5.79 Å². The zero-order valence-electron chi connectivity index (χ0n) is 48.3. The maximum Gasteiger partial charge on any atom is 0.329 e. The number of rotatable bonds is 13. The van der Waals surface area contributed by atoms with Crippen LogP contribution < -0.4 is 0 Å². The Morgan fingerprint density at radius 1 is 0.842 bits per heavy atom. The van der Waals surface area contributed by atoms with Crippen LogP contribution in [0.2, 0.25) is 0 Å². The van der Waals surface area contributed by atoms with Gasteiger partial charge in [0, 0.05) is 58.0 Å². The average molecular weight is 1070 g/mol. The predicted octanol–water partition coefficient (Wildman–Crippen LogP) is 7.90. The number of methoxy groups -OCH3 is 2. The number of aliphatic hydroxyl groups is 4. The van der Waals surface area contributed by atoms with Crippen LogP contribution in [0, 0.1) is 35.5 Å². The van der Waals surface area contributed by atoms with Crippen molar-refractivity contribution < 1.29 is 72.8 Å². The fourth-order valence-corrected chi connectivity index (χ4v) is 11.3. The molecule has 1 amide bonds. The Hall–Kier alpha value is -3.45. The number of ether oxygens (including phenoxy) is 6. The molecule has 1 saturated carbocycles. The van der Waals surface area contributed by atoms with Crippen molar-refractivity contribution in [3.63, 3.8) is 0 Å². The highest BCUT2D eigenvalue weighted by molar-refractivity contribution is 6.39. The number of esters is 1. The van der Waals surface area contributed by atoms with E-state index >= 15 is 0 Å². The number of piperidine rings is 1. The van der Waals surface area contributed by atoms with Crippen LogP contribution in [0.5, 0.6) is 0 Å². The van der Waals surface area contributed by atoms with Crippen LogP contribution in [0.3, 0.4) is 0 Å². The summed E-state index contributed by atoms with van der Waals surface area (Å²) >= 11 is 0. The first kappa shape index (κ1) is 65.1. The Labute approximate surface area is 454 Å². The first-order valence-corrected chi connectivity index (χ1v) is 28.2. The molecule has 16 heteroatoms. The van der Waals surface area contributed by atoms with Crippen molar-refractivity contribution in [2.45, 2.75) is 232 Å². The number of allylic oxidation sites excluding steroid dienone is 6. The number of Topliss-reactive ketones (excluding diaryl/α,β-unsaturated/α-hetero) is 3. The molecule has 2 saturated heterocycles. The monoisotopic (exact) mass is 1070 g/mol. The lowest BCUT2D eigenvalue weighted by Crippen LogP contribution is -2.61. The maximum atomic E-state index is 14.6. The number of aliphatic hydroxyl groups excluding tert-OH is 3. The molecular weight excluding hydrogens is 975 g/mol. The first-order valence-electron chi connectivity index (χ1n) is 28.2. The molecule has 3 fully saturated rings. The molecule has 0 spiro atoms. The quantitative estimate of drug-likeness (QED) is 0.0782. The maximum absolute atomic E-state index is 14.6. The SMILES string of the molecule is CO[C@@H]1C[C@H](C[C@@H](C)[C@@H]2CC(=O)[C@H](C)/C=C(\C)[C@@H](O)[C@@H](OC)C(=O)[C@H](C)C[C@H](C)/C=C/C=C/C=C(\C)[C@@H](OC(C)(C)CCOC(C)(C)CCO)C[C@@H]3CC[C@@H](C)[C@@](O)(O3)C(=O)C(=O)N3CCCCC3C(=O)O2)CC[C@H]1O. The van der Waals surface area contributed by atoms with E-state index in [0.717, 1.165) is 5.57 Å². The van der Waals surface area contributed by atoms with Crippen LogP contribution >= 0.6 is 0 Å². The van der Waals surface area contributed by atoms with E-state index in [4.69, 9.17) is 28.4 Å². The highest BCUT2D eigenvalue weighted by atomic mass is 16.6. The van der Waals surface area contributed by atoms with Gasteiger partial charge in [-0.3, -0.25) is 19.2 Å². The molecule has 0 aromatic carbocycles. The first-order chi connectivity index (χ1) is 35.7. The molecule has 2 bridgehead atoms. The second-order valence-electron chi connectivity index (χ2n) is 24.1. The largest absolute Gasteiger partial charge is 0.460 e. The Morgan fingerprint density at radius 3 is 2.22 bits per heavy atom. The number of hydrogen-bond donors (Lipinski definition) is 4. The van der Waals surface area contributed by atoms with Gasteiger partial charge in [-0.1, -0.05) is 71.1 Å². The standard InChI is InChI=1S/C60H97NO15/c1-37-19-15-14-16-20-38(2)50(76-59(10,11)27-30-73-58(8,9)26-29-62)35-45-24-22-43(7)60(70,75-45)55(67)56(68)61-28-18-17-21-46(61)57(69)74-49(40(4)33-44-23-25-47(63)51(34-44)71-12)36-48(64)39(3)32-42(6)53(66)54(72-13)52(65)41(5)31-37/h14-16,19-20,32,37,39-41,43-47,49-51,53-54,62-63,66,70H,17-18,21-31,33-36H2,1-13H3/b16-14+,19-15+,38-20+,42-32+/t37-,39-,40-,41-,43-,44+,45+,46?,47-,49+,50+,51-,53-,54+,60-/m1/s1. The van der Waals surface area contributed by atoms with E-state index in [-0.39, 0.29) is 67.8 Å². The average Bonchev–Trinajstić information content (AvgIpc) is 3.36. The van der Waals surface area contributed by atoms with Gasteiger partial charge in [0.25, 0.3) is 11.7 Å². The van der Waals surface area contributed by atoms with Gasteiger partial charge in [-0.2, -0.15) is 0 Å². The zero-order valence-corrected chi connectivity index (χ0v) is 48.3. The van der Waals surface area contributed by atoms with Crippen LogP contribution in [0.15, 0.2) is 47.6 Å². The van der Waals surface area contributed by atoms with Gasteiger partial charge in [-0.25, -0.2) is 4.79 Å². The number of hydrogen-bond acceptors (Lipinski definition) is 15. The van der Waals surface area contributed by atoms with Crippen molar-refractivity contribution in [1.82, 2.24) is 4.90 Å². The van der Waals surface area contributed by atoms with Gasteiger partial charge in [0.1, 0.15) is 30.1 Å². The highest BCUT2D eigenvalue weighted by Crippen LogP contribution is 2.39. The van der Waals surface area contributed by atoms with Gasteiger partial charge in [-0.15, -0.1) is 0 Å². The number of ketones is 3. The van der Waals surface area contributed by atoms with E-state index < -0.39 is 95.1 Å². The summed E-state index contributed by atoms with van der Waals surface area (Å²) in [4.78, 5) is 73.0. The summed E-state index contributed by atoms with van der Waals surface area (Å²) in [6, 6.07) is -1.18. The van der Waals surface area contributed by atoms with E-state index in [2.05, 4.69) is 0 Å². The number of amides is 1. The molecule has 1 unspecified atom stereocenters. The van der Waals surface area contributed by atoms with E-state index in [0.29, 0.717) is 82.8 Å². The number of cyclic esters (lactones) is 1. The Morgan fingerprint density at radius 2 is 1.55 bits per heavy atom. The van der Waals surface area contributed by atoms with Crippen LogP contribution in [0.1, 0.15) is 166 Å². The number of carbonyl (C=O) groups excluding carboxylic acids is 5. The van der Waals surface area contributed by atoms with Gasteiger partial charge < -0.3 is 53.7 Å². The van der Waals surface area contributed by atoms with Crippen LogP contribution in [-0.4, -0.2) is 154 Å². The molecule has 4 aliphatic rings. The lowest BCUT2D eigenvalue weighted by molar-refractivity contribution is -0.267. The molecule has 1 aliphatic carbocycles. The molecular formula is C60H97NO15. The van der Waals surface area contributed by atoms with Crippen LogP contribution in [0.25, 0.3) is 0 Å². The second kappa shape index (κ2) is 29.7. The van der Waals surface area contributed by atoms with Crippen LogP contribution in [0.4, 0.5) is 0 Å². The van der Waals surface area contributed by atoms with E-state index in [1.807, 2.05) is 85.8 Å². The summed E-state index contributed by atoms with van der Waals surface area (Å²) in [5.41, 5.74) is -0.0378. The molecule has 3 aliphatic heterocycles. The number of fused-ring (bicyclic) bond motifs is 3. The van der Waals surface area contributed by atoms with E-state index in [1.165, 1.54) is 12.0 Å². The molecule has 76 heavy (non-hydrogen) atoms. The van der Waals surface area contributed by atoms with Gasteiger partial charge in [0.05, 0.1) is 42.2 Å². The molecule has 0 radical (unpaired) electrons. The zero-order chi connectivity index (χ0) is 56.7. The van der Waals surface area contributed by atoms with E-state index in [9.17, 15) is 44.4 Å². The summed E-state index contributed by atoms with van der Waals surface area (Å²) in [6.07, 6.45) is 11.5. The molecule has 16 nitrogen and oxygen atoms in total. The van der Waals surface area contributed by atoms with Gasteiger partial charge >= 0.3 is 5.97 Å². The van der Waals surface area contributed by atoms with Crippen molar-refractivity contribution in [2.24, 2.45) is 35.5 Å². The smallest absolute Gasteiger partial charge is 0.329 e. The van der Waals surface area contributed by atoms with Crippen molar-refractivity contribution in [2.75, 3.05) is 34.0 Å². The number of nitrogens with zero attached hydrogens (tertiary/aromatic N) is 1. The second-order valence-corrected chi connectivity index (χ2v) is 24.1. The Bertz CT molecular complexity index is 2040. The normalized spacial score (nSPS) is 36.8. The van der Waals surface area contributed by atoms with Crippen molar-refractivity contribution in [1.29, 1.82) is 0 Å². The van der Waals surface area contributed by atoms with Crippen molar-refractivity contribution in [3.05, 3.63) is 47.6 Å². The fourth-order valence-electron chi connectivity index (χ4n) is 11.3. The van der Waals surface area contributed by atoms with Crippen molar-refractivity contribution >= 4 is 29.2 Å². The number of carbonyl (C=O) groups is 5. The lowest BCUT2D eigenvalue weighted by atomic mass is 9.78. The minimum Gasteiger partial charge on any atom is -0.460 e. The Kier molecular flexibility index (Phi) is 25.4.